The van der Waals surface area contributed by atoms with Crippen molar-refractivity contribution in [2.45, 2.75) is 17.4 Å². The lowest BCUT2D eigenvalue weighted by atomic mass is 10.2. The number of halogens is 2. The van der Waals surface area contributed by atoms with Crippen LogP contribution in [0.25, 0.3) is 0 Å². The average Bonchev–Trinajstić information content (AvgIpc) is 2.32. The number of carbonyl (C=O) groups is 1. The van der Waals surface area contributed by atoms with Gasteiger partial charge in [0, 0.05) is 6.07 Å². The maximum atomic E-state index is 13.0. The predicted molar refractivity (Wildman–Crippen MR) is 71.1 cm³/mol. The number of thioether (sulfide) groups is 1. The van der Waals surface area contributed by atoms with Crippen molar-refractivity contribution >= 4 is 27.8 Å². The zero-order valence-electron chi connectivity index (χ0n) is 10.5. The third-order valence-corrected chi connectivity index (χ3v) is 4.45. The molecule has 1 atom stereocenters. The second-order valence-electron chi connectivity index (χ2n) is 3.90. The molecule has 0 aromatic heterocycles. The van der Waals surface area contributed by atoms with Crippen molar-refractivity contribution in [1.29, 1.82) is 0 Å². The van der Waals surface area contributed by atoms with Crippen LogP contribution in [0.1, 0.15) is 6.42 Å². The number of rotatable bonds is 7. The Morgan fingerprint density at radius 1 is 1.35 bits per heavy atom. The van der Waals surface area contributed by atoms with Gasteiger partial charge in [-0.25, -0.2) is 17.2 Å². The van der Waals surface area contributed by atoms with E-state index in [0.29, 0.717) is 24.0 Å². The second kappa shape index (κ2) is 7.00. The Morgan fingerprint density at radius 2 is 1.90 bits per heavy atom. The lowest BCUT2D eigenvalue weighted by molar-refractivity contribution is -0.139. The number of hydrogen-bond donors (Lipinski definition) is 2. The van der Waals surface area contributed by atoms with Gasteiger partial charge in [-0.2, -0.15) is 16.5 Å². The molecule has 0 aliphatic rings. The van der Waals surface area contributed by atoms with Crippen LogP contribution in [0.5, 0.6) is 0 Å². The van der Waals surface area contributed by atoms with Gasteiger partial charge >= 0.3 is 5.97 Å². The molecule has 0 bridgehead atoms. The van der Waals surface area contributed by atoms with Gasteiger partial charge in [0.1, 0.15) is 17.7 Å². The van der Waals surface area contributed by atoms with Gasteiger partial charge in [-0.1, -0.05) is 0 Å². The summed E-state index contributed by atoms with van der Waals surface area (Å²) < 4.78 is 51.7. The summed E-state index contributed by atoms with van der Waals surface area (Å²) in [5, 5.41) is 8.93. The molecule has 20 heavy (non-hydrogen) atoms. The van der Waals surface area contributed by atoms with Gasteiger partial charge in [-0.05, 0) is 30.6 Å². The van der Waals surface area contributed by atoms with Crippen LogP contribution in [0.15, 0.2) is 23.1 Å². The van der Waals surface area contributed by atoms with Crippen LogP contribution < -0.4 is 4.72 Å². The normalized spacial score (nSPS) is 13.2. The van der Waals surface area contributed by atoms with Crippen LogP contribution in [0.3, 0.4) is 0 Å². The first kappa shape index (κ1) is 16.9. The van der Waals surface area contributed by atoms with Crippen LogP contribution in [0.2, 0.25) is 0 Å². The van der Waals surface area contributed by atoms with Crippen molar-refractivity contribution in [2.75, 3.05) is 12.0 Å². The molecule has 0 aliphatic carbocycles. The predicted octanol–water partition coefficient (Wildman–Crippen LogP) is 1.45. The minimum absolute atomic E-state index is 0.0630. The average molecular weight is 325 g/mol. The number of benzene rings is 1. The quantitative estimate of drug-likeness (QED) is 0.793. The van der Waals surface area contributed by atoms with E-state index in [-0.39, 0.29) is 6.42 Å². The van der Waals surface area contributed by atoms with Crippen molar-refractivity contribution < 1.29 is 27.1 Å². The Morgan fingerprint density at radius 3 is 2.35 bits per heavy atom. The molecule has 0 aliphatic heterocycles. The van der Waals surface area contributed by atoms with Crippen molar-refractivity contribution in [1.82, 2.24) is 4.72 Å². The van der Waals surface area contributed by atoms with Crippen LogP contribution in [0, 0.1) is 11.6 Å². The van der Waals surface area contributed by atoms with Gasteiger partial charge in [0.05, 0.1) is 4.90 Å². The van der Waals surface area contributed by atoms with Gasteiger partial charge in [0.15, 0.2) is 0 Å². The summed E-state index contributed by atoms with van der Waals surface area (Å²) in [7, 11) is -4.30. The fraction of sp³-hybridized carbons (Fsp3) is 0.364. The topological polar surface area (TPSA) is 83.5 Å². The number of aliphatic carboxylic acids is 1. The minimum atomic E-state index is -4.30. The Hall–Kier alpha value is -1.19. The molecule has 0 heterocycles. The molecular weight excluding hydrogens is 312 g/mol. The highest BCUT2D eigenvalue weighted by atomic mass is 32.2. The van der Waals surface area contributed by atoms with E-state index in [1.54, 1.807) is 6.26 Å². The van der Waals surface area contributed by atoms with Crippen LogP contribution in [-0.2, 0) is 14.8 Å². The molecule has 9 heteroatoms. The Kier molecular flexibility index (Phi) is 5.90. The van der Waals surface area contributed by atoms with Crippen LogP contribution >= 0.6 is 11.8 Å². The molecule has 5 nitrogen and oxygen atoms in total. The molecule has 0 fully saturated rings. The van der Waals surface area contributed by atoms with Gasteiger partial charge in [0.2, 0.25) is 10.0 Å². The zero-order chi connectivity index (χ0) is 15.3. The van der Waals surface area contributed by atoms with Crippen molar-refractivity contribution in [2.24, 2.45) is 0 Å². The number of hydrogen-bond acceptors (Lipinski definition) is 4. The fourth-order valence-electron chi connectivity index (χ4n) is 1.41. The molecule has 0 spiro atoms. The van der Waals surface area contributed by atoms with Crippen molar-refractivity contribution in [3.8, 4) is 0 Å². The Bertz CT molecular complexity index is 572. The lowest BCUT2D eigenvalue weighted by Crippen LogP contribution is -2.41. The molecule has 0 radical (unpaired) electrons. The molecule has 1 aromatic rings. The highest BCUT2D eigenvalue weighted by Gasteiger charge is 2.25. The summed E-state index contributed by atoms with van der Waals surface area (Å²) >= 11 is 1.36. The van der Waals surface area contributed by atoms with Crippen LogP contribution in [-0.4, -0.2) is 37.5 Å². The zero-order valence-corrected chi connectivity index (χ0v) is 12.1. The smallest absolute Gasteiger partial charge is 0.321 e. The molecule has 0 amide bonds. The monoisotopic (exact) mass is 325 g/mol. The van der Waals surface area contributed by atoms with E-state index < -0.39 is 38.6 Å². The first-order valence-electron chi connectivity index (χ1n) is 5.46. The number of sulfonamides is 1. The molecule has 1 unspecified atom stereocenters. The van der Waals surface area contributed by atoms with E-state index in [0.717, 1.165) is 0 Å². The summed E-state index contributed by atoms with van der Waals surface area (Å²) in [6.45, 7) is 0. The highest BCUT2D eigenvalue weighted by Crippen LogP contribution is 2.15. The van der Waals surface area contributed by atoms with Crippen LogP contribution in [0.4, 0.5) is 8.78 Å². The van der Waals surface area contributed by atoms with E-state index in [9.17, 15) is 22.0 Å². The van der Waals surface area contributed by atoms with Gasteiger partial charge in [-0.15, -0.1) is 0 Å². The van der Waals surface area contributed by atoms with E-state index in [1.165, 1.54) is 11.8 Å². The summed E-state index contributed by atoms with van der Waals surface area (Å²) in [6.07, 6.45) is 1.81. The maximum Gasteiger partial charge on any atom is 0.321 e. The van der Waals surface area contributed by atoms with E-state index >= 15 is 0 Å². The minimum Gasteiger partial charge on any atom is -0.480 e. The number of carboxylic acid groups (broad SMARTS) is 1. The van der Waals surface area contributed by atoms with E-state index in [1.807, 2.05) is 4.72 Å². The Balaban J connectivity index is 3.00. The van der Waals surface area contributed by atoms with Crippen molar-refractivity contribution in [3.63, 3.8) is 0 Å². The van der Waals surface area contributed by atoms with Crippen molar-refractivity contribution in [3.05, 3.63) is 29.8 Å². The summed E-state index contributed by atoms with van der Waals surface area (Å²) in [4.78, 5) is 10.3. The largest absolute Gasteiger partial charge is 0.480 e. The second-order valence-corrected chi connectivity index (χ2v) is 6.60. The third-order valence-electron chi connectivity index (χ3n) is 2.35. The number of nitrogens with one attached hydrogen (secondary N) is 1. The lowest BCUT2D eigenvalue weighted by Gasteiger charge is -2.14. The highest BCUT2D eigenvalue weighted by molar-refractivity contribution is 7.98. The summed E-state index contributed by atoms with van der Waals surface area (Å²) in [6, 6.07) is 0.429. The van der Waals surface area contributed by atoms with Gasteiger partial charge in [-0.3, -0.25) is 4.79 Å². The molecule has 2 N–H and O–H groups in total. The summed E-state index contributed by atoms with van der Waals surface area (Å²) in [5.74, 6) is -3.03. The fourth-order valence-corrected chi connectivity index (χ4v) is 3.14. The van der Waals surface area contributed by atoms with Gasteiger partial charge in [0.25, 0.3) is 0 Å². The first-order valence-corrected chi connectivity index (χ1v) is 8.34. The third kappa shape index (κ3) is 4.73. The maximum absolute atomic E-state index is 13.0. The standard InChI is InChI=1S/C11H13F2NO4S2/c1-19-3-2-10(11(15)16)14-20(17,18)9-5-7(12)4-8(13)6-9/h4-6,10,14H,2-3H2,1H3,(H,15,16). The summed E-state index contributed by atoms with van der Waals surface area (Å²) in [5.41, 5.74) is 0. The van der Waals surface area contributed by atoms with E-state index in [4.69, 9.17) is 5.11 Å². The van der Waals surface area contributed by atoms with Gasteiger partial charge < -0.3 is 5.11 Å². The SMILES string of the molecule is CSCCC(NS(=O)(=O)c1cc(F)cc(F)c1)C(=O)O. The molecule has 1 rings (SSSR count). The molecular formula is C11H13F2NO4S2. The molecule has 112 valence electrons. The first-order chi connectivity index (χ1) is 9.26. The molecule has 0 saturated carbocycles. The van der Waals surface area contributed by atoms with E-state index in [2.05, 4.69) is 0 Å². The number of carboxylic acids is 1. The Labute approximate surface area is 119 Å². The molecule has 1 aromatic carbocycles. The molecule has 0 saturated heterocycles.